The summed E-state index contributed by atoms with van der Waals surface area (Å²) in [6, 6.07) is 10.1. The Balaban J connectivity index is 2.19. The van der Waals surface area contributed by atoms with Crippen molar-refractivity contribution in [1.29, 1.82) is 0 Å². The van der Waals surface area contributed by atoms with E-state index in [0.717, 1.165) is 5.56 Å². The monoisotopic (exact) mass is 366 g/mol. The lowest BCUT2D eigenvalue weighted by molar-refractivity contribution is 0.161. The van der Waals surface area contributed by atoms with E-state index in [4.69, 9.17) is 8.60 Å². The van der Waals surface area contributed by atoms with Crippen molar-refractivity contribution in [2.75, 3.05) is 19.8 Å². The molecule has 0 aliphatic carbocycles. The van der Waals surface area contributed by atoms with Crippen LogP contribution in [-0.2, 0) is 23.2 Å². The van der Waals surface area contributed by atoms with Crippen LogP contribution in [0.25, 0.3) is 0 Å². The molecule has 136 valence electrons. The summed E-state index contributed by atoms with van der Waals surface area (Å²) in [7, 11) is -0.249. The van der Waals surface area contributed by atoms with Crippen LogP contribution in [0.2, 0.25) is 0 Å². The van der Waals surface area contributed by atoms with Gasteiger partial charge in [-0.1, -0.05) is 12.1 Å². The molecule has 0 saturated heterocycles. The molecule has 1 aromatic carbocycles. The van der Waals surface area contributed by atoms with E-state index in [0.29, 0.717) is 18.8 Å². The van der Waals surface area contributed by atoms with E-state index in [-0.39, 0.29) is 17.5 Å². The van der Waals surface area contributed by atoms with Crippen LogP contribution in [0.5, 0.6) is 5.75 Å². The number of hydrogen-bond donors (Lipinski definition) is 0. The number of urea groups is 1. The third-order valence-corrected chi connectivity index (χ3v) is 4.58. The zero-order valence-corrected chi connectivity index (χ0v) is 15.3. The number of furan rings is 1. The summed E-state index contributed by atoms with van der Waals surface area (Å²) in [6.07, 6.45) is 1.55. The number of carbonyl (C=O) groups excluding carboxylic acids is 1. The van der Waals surface area contributed by atoms with Crippen molar-refractivity contribution in [3.8, 4) is 5.75 Å². The first kappa shape index (κ1) is 18.9. The van der Waals surface area contributed by atoms with Crippen molar-refractivity contribution in [2.45, 2.75) is 20.0 Å². The summed E-state index contributed by atoms with van der Waals surface area (Å²) < 4.78 is 33.6. The average Bonchev–Trinajstić information content (AvgIpc) is 3.06. The Morgan fingerprint density at radius 3 is 2.52 bits per heavy atom. The van der Waals surface area contributed by atoms with Gasteiger partial charge in [0.1, 0.15) is 11.5 Å². The molecule has 0 fully saturated rings. The van der Waals surface area contributed by atoms with Gasteiger partial charge in [-0.25, -0.2) is 4.79 Å². The summed E-state index contributed by atoms with van der Waals surface area (Å²) in [5.41, 5.74) is 0.755. The van der Waals surface area contributed by atoms with Gasteiger partial charge in [-0.15, -0.1) is 0 Å². The molecule has 0 atom stereocenters. The summed E-state index contributed by atoms with van der Waals surface area (Å²) in [6.45, 7) is 2.11. The molecule has 2 amide bonds. The maximum absolute atomic E-state index is 12.4. The second-order valence-electron chi connectivity index (χ2n) is 5.69. The molecule has 1 aromatic heterocycles. The first-order valence-corrected chi connectivity index (χ1v) is 9.38. The number of hydrogen-bond acceptors (Lipinski definition) is 5. The molecule has 7 nitrogen and oxygen atoms in total. The number of rotatable bonds is 7. The van der Waals surface area contributed by atoms with Gasteiger partial charge in [-0.05, 0) is 36.8 Å². The van der Waals surface area contributed by atoms with E-state index in [1.54, 1.807) is 55.6 Å². The molecule has 1 heterocycles. The van der Waals surface area contributed by atoms with Crippen LogP contribution in [0.1, 0.15) is 18.2 Å². The lowest BCUT2D eigenvalue weighted by Gasteiger charge is -2.25. The number of nitrogens with zero attached hydrogens (tertiary/aromatic N) is 2. The van der Waals surface area contributed by atoms with Crippen molar-refractivity contribution < 1.29 is 21.8 Å². The minimum absolute atomic E-state index is 0.110. The van der Waals surface area contributed by atoms with Gasteiger partial charge in [-0.3, -0.25) is 0 Å². The molecule has 0 bridgehead atoms. The fourth-order valence-corrected chi connectivity index (χ4v) is 2.70. The van der Waals surface area contributed by atoms with Crippen molar-refractivity contribution in [1.82, 2.24) is 9.80 Å². The van der Waals surface area contributed by atoms with Gasteiger partial charge in [0, 0.05) is 20.6 Å². The lowest BCUT2D eigenvalue weighted by atomic mass is 10.2. The van der Waals surface area contributed by atoms with Gasteiger partial charge in [0.15, 0.2) is 0 Å². The molecule has 25 heavy (non-hydrogen) atoms. The molecule has 0 radical (unpaired) electrons. The molecule has 0 N–H and O–H groups in total. The molecule has 0 spiro atoms. The van der Waals surface area contributed by atoms with Crippen molar-refractivity contribution in [3.63, 3.8) is 0 Å². The fourth-order valence-electron chi connectivity index (χ4n) is 2.19. The Morgan fingerprint density at radius 1 is 1.16 bits per heavy atom. The standard InChI is InChI=1S/C17H22N2O5S/c1-4-25(21,22)24-15-8-5-7-14(11-15)12-19(17(20)18(2)3)13-16-9-6-10-23-16/h5-11H,4,12-13H2,1-3H3. The molecule has 0 aliphatic rings. The minimum atomic E-state index is -3.59. The van der Waals surface area contributed by atoms with Crippen LogP contribution >= 0.6 is 0 Å². The van der Waals surface area contributed by atoms with Crippen LogP contribution in [0, 0.1) is 0 Å². The normalized spacial score (nSPS) is 11.2. The van der Waals surface area contributed by atoms with Gasteiger partial charge in [0.2, 0.25) is 0 Å². The highest BCUT2D eigenvalue weighted by molar-refractivity contribution is 7.87. The third-order valence-electron chi connectivity index (χ3n) is 3.43. The first-order valence-electron chi connectivity index (χ1n) is 7.80. The highest BCUT2D eigenvalue weighted by Gasteiger charge is 2.18. The topological polar surface area (TPSA) is 80.1 Å². The highest BCUT2D eigenvalue weighted by Crippen LogP contribution is 2.19. The first-order chi connectivity index (χ1) is 11.8. The van der Waals surface area contributed by atoms with Gasteiger partial charge >= 0.3 is 16.1 Å². The Kier molecular flexibility index (Phi) is 6.08. The SMILES string of the molecule is CCS(=O)(=O)Oc1cccc(CN(Cc2ccco2)C(=O)N(C)C)c1. The molecular weight excluding hydrogens is 344 g/mol. The predicted molar refractivity (Wildman–Crippen MR) is 93.6 cm³/mol. The van der Waals surface area contributed by atoms with Crippen LogP contribution < -0.4 is 4.18 Å². The zero-order valence-electron chi connectivity index (χ0n) is 14.5. The Morgan fingerprint density at radius 2 is 1.92 bits per heavy atom. The number of carbonyl (C=O) groups is 1. The molecule has 0 unspecified atom stereocenters. The maximum Gasteiger partial charge on any atom is 0.320 e. The van der Waals surface area contributed by atoms with Gasteiger partial charge in [0.25, 0.3) is 0 Å². The smallest absolute Gasteiger partial charge is 0.320 e. The lowest BCUT2D eigenvalue weighted by Crippen LogP contribution is -2.38. The second kappa shape index (κ2) is 8.06. The third kappa shape index (κ3) is 5.53. The van der Waals surface area contributed by atoms with Crippen LogP contribution in [-0.4, -0.2) is 44.1 Å². The average molecular weight is 366 g/mol. The van der Waals surface area contributed by atoms with E-state index in [1.807, 2.05) is 6.07 Å². The van der Waals surface area contributed by atoms with E-state index < -0.39 is 10.1 Å². The largest absolute Gasteiger partial charge is 0.467 e. The Hall–Kier alpha value is -2.48. The van der Waals surface area contributed by atoms with Gasteiger partial charge < -0.3 is 18.4 Å². The molecular formula is C17H22N2O5S. The predicted octanol–water partition coefficient (Wildman–Crippen LogP) is 2.69. The summed E-state index contributed by atoms with van der Waals surface area (Å²) >= 11 is 0. The fraction of sp³-hybridized carbons (Fsp3) is 0.353. The maximum atomic E-state index is 12.4. The quantitative estimate of drug-likeness (QED) is 0.704. The number of benzene rings is 1. The number of amides is 2. The molecule has 0 aliphatic heterocycles. The minimum Gasteiger partial charge on any atom is -0.467 e. The van der Waals surface area contributed by atoms with Gasteiger partial charge in [-0.2, -0.15) is 8.42 Å². The summed E-state index contributed by atoms with van der Waals surface area (Å²) in [5.74, 6) is 0.784. The molecule has 2 rings (SSSR count). The molecule has 0 saturated carbocycles. The molecule has 8 heteroatoms. The highest BCUT2D eigenvalue weighted by atomic mass is 32.2. The second-order valence-corrected chi connectivity index (χ2v) is 7.55. The van der Waals surface area contributed by atoms with Crippen LogP contribution in [0.4, 0.5) is 4.79 Å². The van der Waals surface area contributed by atoms with Crippen molar-refractivity contribution in [2.24, 2.45) is 0 Å². The van der Waals surface area contributed by atoms with E-state index >= 15 is 0 Å². The molecule has 2 aromatic rings. The van der Waals surface area contributed by atoms with Crippen LogP contribution in [0.15, 0.2) is 47.1 Å². The summed E-state index contributed by atoms with van der Waals surface area (Å²) in [4.78, 5) is 15.5. The van der Waals surface area contributed by atoms with Crippen LogP contribution in [0.3, 0.4) is 0 Å². The Labute approximate surface area is 147 Å². The van der Waals surface area contributed by atoms with E-state index in [9.17, 15) is 13.2 Å². The zero-order chi connectivity index (χ0) is 18.4. The van der Waals surface area contributed by atoms with E-state index in [1.165, 1.54) is 11.8 Å². The van der Waals surface area contributed by atoms with Crippen molar-refractivity contribution >= 4 is 16.1 Å². The van der Waals surface area contributed by atoms with Crippen molar-refractivity contribution in [3.05, 3.63) is 54.0 Å². The van der Waals surface area contributed by atoms with E-state index in [2.05, 4.69) is 0 Å². The Bertz CT molecular complexity index is 800. The summed E-state index contributed by atoms with van der Waals surface area (Å²) in [5, 5.41) is 0. The van der Waals surface area contributed by atoms with Gasteiger partial charge in [0.05, 0.1) is 18.6 Å².